The minimum atomic E-state index is -0.333. The average Bonchev–Trinajstić information content (AvgIpc) is 3.22. The summed E-state index contributed by atoms with van der Waals surface area (Å²) in [7, 11) is 0. The van der Waals surface area contributed by atoms with Gasteiger partial charge in [0.25, 0.3) is 5.91 Å². The summed E-state index contributed by atoms with van der Waals surface area (Å²) < 4.78 is 0. The van der Waals surface area contributed by atoms with Crippen molar-refractivity contribution in [2.45, 2.75) is 36.6 Å². The number of piperidine rings is 1. The third-order valence-corrected chi connectivity index (χ3v) is 6.39. The molecule has 0 aliphatic carbocycles. The first kappa shape index (κ1) is 19.0. The van der Waals surface area contributed by atoms with Gasteiger partial charge in [0.05, 0.1) is 4.88 Å². The Labute approximate surface area is 163 Å². The molecule has 1 aromatic heterocycles. The molecule has 2 heterocycles. The van der Waals surface area contributed by atoms with Crippen molar-refractivity contribution in [3.8, 4) is 0 Å². The second kappa shape index (κ2) is 9.78. The normalized spacial score (nSPS) is 17.1. The van der Waals surface area contributed by atoms with Crippen LogP contribution in [0.25, 0.3) is 0 Å². The van der Waals surface area contributed by atoms with Gasteiger partial charge in [-0.05, 0) is 55.0 Å². The van der Waals surface area contributed by atoms with E-state index in [1.165, 1.54) is 16.2 Å². The topological polar surface area (TPSA) is 49.4 Å². The van der Waals surface area contributed by atoms with E-state index in [0.717, 1.165) is 31.4 Å². The predicted octanol–water partition coefficient (Wildman–Crippen LogP) is 4.04. The summed E-state index contributed by atoms with van der Waals surface area (Å²) in [6, 6.07) is 13.6. The third-order valence-electron chi connectivity index (χ3n) is 4.43. The van der Waals surface area contributed by atoms with Crippen LogP contribution in [0.5, 0.6) is 0 Å². The summed E-state index contributed by atoms with van der Waals surface area (Å²) in [5.74, 6) is 0.936. The van der Waals surface area contributed by atoms with Crippen LogP contribution in [0.2, 0.25) is 0 Å². The summed E-state index contributed by atoms with van der Waals surface area (Å²) in [6.45, 7) is 1.31. The number of carbonyl (C=O) groups is 2. The van der Waals surface area contributed by atoms with E-state index >= 15 is 0 Å². The molecule has 0 unspecified atom stereocenters. The highest BCUT2D eigenvalue weighted by molar-refractivity contribution is 7.99. The van der Waals surface area contributed by atoms with Crippen LogP contribution in [0.15, 0.2) is 52.7 Å². The number of benzene rings is 1. The molecule has 26 heavy (non-hydrogen) atoms. The van der Waals surface area contributed by atoms with Gasteiger partial charge in [0.2, 0.25) is 5.91 Å². The van der Waals surface area contributed by atoms with Gasteiger partial charge in [0.15, 0.2) is 0 Å². The highest BCUT2D eigenvalue weighted by atomic mass is 32.2. The monoisotopic (exact) mass is 388 g/mol. The van der Waals surface area contributed by atoms with Crippen LogP contribution in [0.1, 0.15) is 35.4 Å². The van der Waals surface area contributed by atoms with E-state index in [1.54, 1.807) is 16.7 Å². The molecule has 1 atom stereocenters. The van der Waals surface area contributed by atoms with Crippen molar-refractivity contribution in [2.24, 2.45) is 0 Å². The predicted molar refractivity (Wildman–Crippen MR) is 108 cm³/mol. The molecule has 3 rings (SSSR count). The molecule has 1 aromatic carbocycles. The Kier molecular flexibility index (Phi) is 7.14. The highest BCUT2D eigenvalue weighted by Crippen LogP contribution is 2.22. The van der Waals surface area contributed by atoms with Crippen LogP contribution in [-0.2, 0) is 4.79 Å². The molecule has 1 fully saturated rings. The van der Waals surface area contributed by atoms with Gasteiger partial charge in [0.1, 0.15) is 6.04 Å². The van der Waals surface area contributed by atoms with Gasteiger partial charge in [-0.2, -0.15) is 0 Å². The van der Waals surface area contributed by atoms with Crippen LogP contribution >= 0.6 is 23.1 Å². The van der Waals surface area contributed by atoms with Crippen LogP contribution in [-0.4, -0.2) is 41.6 Å². The first-order chi connectivity index (χ1) is 12.8. The van der Waals surface area contributed by atoms with Gasteiger partial charge in [-0.15, -0.1) is 23.1 Å². The quantitative estimate of drug-likeness (QED) is 0.575. The van der Waals surface area contributed by atoms with Gasteiger partial charge in [-0.25, -0.2) is 0 Å². The van der Waals surface area contributed by atoms with E-state index in [-0.39, 0.29) is 17.9 Å². The molecule has 1 N–H and O–H groups in total. The maximum atomic E-state index is 12.7. The zero-order valence-corrected chi connectivity index (χ0v) is 16.4. The van der Waals surface area contributed by atoms with Crippen LogP contribution in [0.4, 0.5) is 0 Å². The molecule has 0 saturated carbocycles. The number of thiophene rings is 1. The molecule has 1 saturated heterocycles. The van der Waals surface area contributed by atoms with E-state index in [2.05, 4.69) is 17.4 Å². The fraction of sp³-hybridized carbons (Fsp3) is 0.400. The lowest BCUT2D eigenvalue weighted by atomic mass is 10.0. The highest BCUT2D eigenvalue weighted by Gasteiger charge is 2.32. The maximum absolute atomic E-state index is 12.7. The first-order valence-electron chi connectivity index (χ1n) is 9.06. The number of hydrogen-bond donors (Lipinski definition) is 1. The van der Waals surface area contributed by atoms with E-state index < -0.39 is 0 Å². The van der Waals surface area contributed by atoms with Crippen LogP contribution < -0.4 is 5.32 Å². The molecule has 6 heteroatoms. The summed E-state index contributed by atoms with van der Waals surface area (Å²) in [5, 5.41) is 4.93. The number of rotatable bonds is 7. The van der Waals surface area contributed by atoms with E-state index in [4.69, 9.17) is 0 Å². The largest absolute Gasteiger partial charge is 0.354 e. The number of hydrogen-bond acceptors (Lipinski definition) is 4. The molecule has 2 amide bonds. The lowest BCUT2D eigenvalue weighted by Crippen LogP contribution is -2.52. The molecular weight excluding hydrogens is 364 g/mol. The molecule has 0 bridgehead atoms. The van der Waals surface area contributed by atoms with Gasteiger partial charge < -0.3 is 10.2 Å². The molecule has 2 aromatic rings. The van der Waals surface area contributed by atoms with Gasteiger partial charge in [-0.1, -0.05) is 24.3 Å². The Bertz CT molecular complexity index is 704. The standard InChI is InChI=1S/C20H24N2O2S2/c23-19(21-12-7-15-25-16-8-2-1-3-9-16)17-10-4-5-13-22(17)20(24)18-11-6-14-26-18/h1-3,6,8-9,11,14,17H,4-5,7,10,12-13,15H2,(H,21,23)/t17-/m1/s1. The van der Waals surface area contributed by atoms with E-state index in [0.29, 0.717) is 18.0 Å². The number of carbonyl (C=O) groups excluding carboxylic acids is 2. The minimum Gasteiger partial charge on any atom is -0.354 e. The zero-order chi connectivity index (χ0) is 18.2. The van der Waals surface area contributed by atoms with Gasteiger partial charge in [-0.3, -0.25) is 9.59 Å². The summed E-state index contributed by atoms with van der Waals surface area (Å²) >= 11 is 3.23. The molecule has 1 aliphatic heterocycles. The first-order valence-corrected chi connectivity index (χ1v) is 10.9. The molecule has 4 nitrogen and oxygen atoms in total. The molecule has 138 valence electrons. The molecule has 1 aliphatic rings. The van der Waals surface area contributed by atoms with E-state index in [9.17, 15) is 9.59 Å². The third kappa shape index (κ3) is 5.11. The van der Waals surface area contributed by atoms with Crippen molar-refractivity contribution >= 4 is 34.9 Å². The summed E-state index contributed by atoms with van der Waals surface area (Å²) in [6.07, 6.45) is 3.63. The number of nitrogens with one attached hydrogen (secondary N) is 1. The van der Waals surface area contributed by atoms with Gasteiger partial charge >= 0.3 is 0 Å². The molecular formula is C20H24N2O2S2. The second-order valence-corrected chi connectivity index (χ2v) is 8.41. The number of amides is 2. The fourth-order valence-electron chi connectivity index (χ4n) is 3.10. The number of likely N-dealkylation sites (tertiary alicyclic amines) is 1. The Balaban J connectivity index is 1.45. The Morgan fingerprint density at radius 1 is 1.15 bits per heavy atom. The molecule has 0 spiro atoms. The lowest BCUT2D eigenvalue weighted by Gasteiger charge is -2.34. The molecule has 0 radical (unpaired) electrons. The average molecular weight is 389 g/mol. The van der Waals surface area contributed by atoms with Crippen LogP contribution in [0.3, 0.4) is 0 Å². The summed E-state index contributed by atoms with van der Waals surface area (Å²) in [5.41, 5.74) is 0. The fourth-order valence-corrected chi connectivity index (χ4v) is 4.65. The van der Waals surface area contributed by atoms with Crippen LogP contribution in [0, 0.1) is 0 Å². The number of nitrogens with zero attached hydrogens (tertiary/aromatic N) is 1. The SMILES string of the molecule is O=C(NCCCSc1ccccc1)[C@H]1CCCCN1C(=O)c1cccs1. The Morgan fingerprint density at radius 3 is 2.77 bits per heavy atom. The van der Waals surface area contributed by atoms with Crippen molar-refractivity contribution in [1.82, 2.24) is 10.2 Å². The Morgan fingerprint density at radius 2 is 2.00 bits per heavy atom. The van der Waals surface area contributed by atoms with Crippen molar-refractivity contribution < 1.29 is 9.59 Å². The smallest absolute Gasteiger partial charge is 0.264 e. The van der Waals surface area contributed by atoms with E-state index in [1.807, 2.05) is 35.7 Å². The second-order valence-electron chi connectivity index (χ2n) is 6.29. The van der Waals surface area contributed by atoms with Crippen molar-refractivity contribution in [3.63, 3.8) is 0 Å². The van der Waals surface area contributed by atoms with Gasteiger partial charge in [0, 0.05) is 18.0 Å². The lowest BCUT2D eigenvalue weighted by molar-refractivity contribution is -0.126. The Hall–Kier alpha value is -1.79. The maximum Gasteiger partial charge on any atom is 0.264 e. The van der Waals surface area contributed by atoms with Crippen molar-refractivity contribution in [1.29, 1.82) is 0 Å². The van der Waals surface area contributed by atoms with Crippen molar-refractivity contribution in [2.75, 3.05) is 18.8 Å². The summed E-state index contributed by atoms with van der Waals surface area (Å²) in [4.78, 5) is 29.0. The minimum absolute atomic E-state index is 0.0144. The zero-order valence-electron chi connectivity index (χ0n) is 14.7. The number of thioether (sulfide) groups is 1. The van der Waals surface area contributed by atoms with Crippen molar-refractivity contribution in [3.05, 3.63) is 52.7 Å².